The lowest BCUT2D eigenvalue weighted by Crippen LogP contribution is -2.11. The molecule has 0 aromatic carbocycles. The molecule has 0 amide bonds. The third-order valence-corrected chi connectivity index (χ3v) is 3.94. The molecule has 5 nitrogen and oxygen atoms in total. The van der Waals surface area contributed by atoms with Crippen molar-refractivity contribution in [3.8, 4) is 0 Å². The maximum Gasteiger partial charge on any atom is 0.136 e. The highest BCUT2D eigenvalue weighted by Crippen LogP contribution is 2.39. The minimum absolute atomic E-state index is 0.516. The normalized spacial score (nSPS) is 14.6. The van der Waals surface area contributed by atoms with E-state index in [4.69, 9.17) is 5.73 Å². The van der Waals surface area contributed by atoms with Crippen LogP contribution in [0.4, 0.5) is 11.6 Å². The highest BCUT2D eigenvalue weighted by atomic mass is 32.1. The van der Waals surface area contributed by atoms with Crippen molar-refractivity contribution in [2.75, 3.05) is 17.6 Å². The lowest BCUT2D eigenvalue weighted by Gasteiger charge is -2.11. The Balaban J connectivity index is 1.69. The average Bonchev–Trinajstić information content (AvgIpc) is 3.12. The number of anilines is 2. The van der Waals surface area contributed by atoms with Gasteiger partial charge < -0.3 is 11.1 Å². The van der Waals surface area contributed by atoms with Crippen molar-refractivity contribution in [1.29, 1.82) is 0 Å². The minimum Gasteiger partial charge on any atom is -0.383 e. The zero-order chi connectivity index (χ0) is 13.2. The topological polar surface area (TPSA) is 76.7 Å². The van der Waals surface area contributed by atoms with E-state index in [-0.39, 0.29) is 0 Å². The molecule has 2 heterocycles. The molecule has 2 aromatic rings. The quantitative estimate of drug-likeness (QED) is 0.876. The van der Waals surface area contributed by atoms with Gasteiger partial charge in [0, 0.05) is 29.8 Å². The molecule has 0 aliphatic heterocycles. The molecule has 1 aliphatic rings. The van der Waals surface area contributed by atoms with Gasteiger partial charge in [-0.05, 0) is 19.8 Å². The fraction of sp³-hybridized carbons (Fsp3) is 0.462. The van der Waals surface area contributed by atoms with Gasteiger partial charge in [0.25, 0.3) is 0 Å². The van der Waals surface area contributed by atoms with Gasteiger partial charge in [-0.25, -0.2) is 15.0 Å². The molecule has 19 heavy (non-hydrogen) atoms. The standard InChI is InChI=1S/C13H17N5S/c1-8-11(14)17-13(9-2-3-9)18-12(8)15-5-4-10-6-19-7-16-10/h6-7,9H,2-5H2,1H3,(H3,14,15,17,18). The lowest BCUT2D eigenvalue weighted by molar-refractivity contribution is 0.905. The Hall–Kier alpha value is -1.69. The molecule has 6 heteroatoms. The van der Waals surface area contributed by atoms with Gasteiger partial charge >= 0.3 is 0 Å². The van der Waals surface area contributed by atoms with Crippen LogP contribution in [0.15, 0.2) is 10.9 Å². The smallest absolute Gasteiger partial charge is 0.136 e. The molecule has 0 radical (unpaired) electrons. The van der Waals surface area contributed by atoms with Crippen LogP contribution in [0.3, 0.4) is 0 Å². The first-order valence-corrected chi connectivity index (χ1v) is 7.43. The summed E-state index contributed by atoms with van der Waals surface area (Å²) >= 11 is 1.62. The maximum absolute atomic E-state index is 5.95. The van der Waals surface area contributed by atoms with Gasteiger partial charge in [0.2, 0.25) is 0 Å². The minimum atomic E-state index is 0.516. The number of nitrogens with one attached hydrogen (secondary N) is 1. The summed E-state index contributed by atoms with van der Waals surface area (Å²) in [5.41, 5.74) is 9.85. The summed E-state index contributed by atoms with van der Waals surface area (Å²) in [4.78, 5) is 13.2. The largest absolute Gasteiger partial charge is 0.383 e. The monoisotopic (exact) mass is 275 g/mol. The van der Waals surface area contributed by atoms with E-state index in [0.717, 1.165) is 35.9 Å². The number of hydrogen-bond donors (Lipinski definition) is 2. The van der Waals surface area contributed by atoms with Crippen LogP contribution in [0, 0.1) is 6.92 Å². The predicted molar refractivity (Wildman–Crippen MR) is 77.5 cm³/mol. The molecule has 1 saturated carbocycles. The molecule has 0 saturated heterocycles. The Morgan fingerprint density at radius 2 is 2.26 bits per heavy atom. The summed E-state index contributed by atoms with van der Waals surface area (Å²) in [7, 11) is 0. The predicted octanol–water partition coefficient (Wildman–Crippen LogP) is 2.36. The van der Waals surface area contributed by atoms with Crippen molar-refractivity contribution < 1.29 is 0 Å². The summed E-state index contributed by atoms with van der Waals surface area (Å²) in [5.74, 6) is 2.86. The first-order chi connectivity index (χ1) is 9.24. The van der Waals surface area contributed by atoms with Gasteiger partial charge in [-0.15, -0.1) is 11.3 Å². The number of nitrogens with two attached hydrogens (primary N) is 1. The first kappa shape index (κ1) is 12.3. The second-order valence-corrected chi connectivity index (χ2v) is 5.59. The summed E-state index contributed by atoms with van der Waals surface area (Å²) in [6.07, 6.45) is 3.26. The van der Waals surface area contributed by atoms with Gasteiger partial charge in [-0.1, -0.05) is 0 Å². The summed E-state index contributed by atoms with van der Waals surface area (Å²) in [6, 6.07) is 0. The van der Waals surface area contributed by atoms with Gasteiger partial charge in [-0.2, -0.15) is 0 Å². The van der Waals surface area contributed by atoms with Crippen LogP contribution in [0.2, 0.25) is 0 Å². The lowest BCUT2D eigenvalue weighted by atomic mass is 10.2. The number of thiazole rings is 1. The molecule has 2 aromatic heterocycles. The van der Waals surface area contributed by atoms with Gasteiger partial charge in [0.05, 0.1) is 11.2 Å². The van der Waals surface area contributed by atoms with Gasteiger partial charge in [-0.3, -0.25) is 0 Å². The highest BCUT2D eigenvalue weighted by molar-refractivity contribution is 7.07. The third kappa shape index (κ3) is 2.84. The van der Waals surface area contributed by atoms with Crippen LogP contribution >= 0.6 is 11.3 Å². The molecule has 1 fully saturated rings. The van der Waals surface area contributed by atoms with Gasteiger partial charge in [0.1, 0.15) is 17.5 Å². The molecule has 100 valence electrons. The Morgan fingerprint density at radius 3 is 2.95 bits per heavy atom. The molecule has 0 unspecified atom stereocenters. The second kappa shape index (κ2) is 5.13. The zero-order valence-corrected chi connectivity index (χ0v) is 11.7. The van der Waals surface area contributed by atoms with Gasteiger partial charge in [0.15, 0.2) is 0 Å². The molecular formula is C13H17N5S. The van der Waals surface area contributed by atoms with Crippen molar-refractivity contribution in [3.05, 3.63) is 28.0 Å². The van der Waals surface area contributed by atoms with Crippen molar-refractivity contribution in [2.45, 2.75) is 32.1 Å². The van der Waals surface area contributed by atoms with Crippen LogP contribution in [-0.2, 0) is 6.42 Å². The molecule has 3 N–H and O–H groups in total. The Labute approximate surface area is 116 Å². The second-order valence-electron chi connectivity index (χ2n) is 4.87. The summed E-state index contributed by atoms with van der Waals surface area (Å²) in [5, 5.41) is 5.42. The molecule has 1 aliphatic carbocycles. The molecular weight excluding hydrogens is 258 g/mol. The van der Waals surface area contributed by atoms with Crippen LogP contribution in [0.1, 0.15) is 35.8 Å². The summed E-state index contributed by atoms with van der Waals surface area (Å²) in [6.45, 7) is 2.77. The Kier molecular flexibility index (Phi) is 3.33. The van der Waals surface area contributed by atoms with Crippen molar-refractivity contribution in [1.82, 2.24) is 15.0 Å². The van der Waals surface area contributed by atoms with E-state index < -0.39 is 0 Å². The Bertz CT molecular complexity index is 563. The van der Waals surface area contributed by atoms with E-state index in [1.165, 1.54) is 12.8 Å². The third-order valence-electron chi connectivity index (χ3n) is 3.30. The van der Waals surface area contributed by atoms with E-state index in [9.17, 15) is 0 Å². The number of nitrogens with zero attached hydrogens (tertiary/aromatic N) is 3. The fourth-order valence-electron chi connectivity index (χ4n) is 1.92. The average molecular weight is 275 g/mol. The van der Waals surface area contributed by atoms with E-state index in [1.807, 2.05) is 12.4 Å². The number of hydrogen-bond acceptors (Lipinski definition) is 6. The summed E-state index contributed by atoms with van der Waals surface area (Å²) < 4.78 is 0. The molecule has 3 rings (SSSR count). The molecule has 0 spiro atoms. The van der Waals surface area contributed by atoms with E-state index in [1.54, 1.807) is 11.3 Å². The van der Waals surface area contributed by atoms with Crippen LogP contribution in [-0.4, -0.2) is 21.5 Å². The van der Waals surface area contributed by atoms with Crippen LogP contribution < -0.4 is 11.1 Å². The van der Waals surface area contributed by atoms with Crippen molar-refractivity contribution in [3.63, 3.8) is 0 Å². The number of aromatic nitrogens is 3. The van der Waals surface area contributed by atoms with Crippen LogP contribution in [0.5, 0.6) is 0 Å². The molecule has 0 bridgehead atoms. The van der Waals surface area contributed by atoms with Crippen molar-refractivity contribution in [2.24, 2.45) is 0 Å². The van der Waals surface area contributed by atoms with Crippen LogP contribution in [0.25, 0.3) is 0 Å². The van der Waals surface area contributed by atoms with Crippen molar-refractivity contribution >= 4 is 23.0 Å². The number of nitrogen functional groups attached to an aromatic ring is 1. The molecule has 0 atom stereocenters. The van der Waals surface area contributed by atoms with E-state index >= 15 is 0 Å². The fourth-order valence-corrected chi connectivity index (χ4v) is 2.51. The SMILES string of the molecule is Cc1c(N)nc(C2CC2)nc1NCCc1cscn1. The van der Waals surface area contributed by atoms with E-state index in [0.29, 0.717) is 11.7 Å². The zero-order valence-electron chi connectivity index (χ0n) is 10.9. The highest BCUT2D eigenvalue weighted by Gasteiger charge is 2.27. The maximum atomic E-state index is 5.95. The van der Waals surface area contributed by atoms with E-state index in [2.05, 4.69) is 25.6 Å². The Morgan fingerprint density at radius 1 is 1.42 bits per heavy atom. The first-order valence-electron chi connectivity index (χ1n) is 6.49. The number of rotatable bonds is 5.